The Morgan fingerprint density at radius 2 is 1.94 bits per heavy atom. The van der Waals surface area contributed by atoms with Crippen molar-refractivity contribution in [2.75, 3.05) is 0 Å². The van der Waals surface area contributed by atoms with Crippen molar-refractivity contribution in [1.82, 2.24) is 25.1 Å². The van der Waals surface area contributed by atoms with Crippen LogP contribution in [0.1, 0.15) is 69.2 Å². The maximum absolute atomic E-state index is 12.7. The molecule has 4 aliphatic rings. The molecule has 33 heavy (non-hydrogen) atoms. The number of hydrogen-bond donors (Lipinski definition) is 1. The molecule has 0 aliphatic heterocycles. The summed E-state index contributed by atoms with van der Waals surface area (Å²) in [5.41, 5.74) is 4.14. The van der Waals surface area contributed by atoms with E-state index in [1.165, 1.54) is 31.4 Å². The molecule has 3 unspecified atom stereocenters. The topological polar surface area (TPSA) is 72.7 Å². The molecule has 2 aromatic rings. The summed E-state index contributed by atoms with van der Waals surface area (Å²) < 4.78 is 2.25. The molecule has 2 saturated carbocycles. The minimum Gasteiger partial charge on any atom is -0.349 e. The van der Waals surface area contributed by atoms with Crippen LogP contribution in [0.4, 0.5) is 0 Å². The molecule has 0 spiro atoms. The molecule has 2 heterocycles. The second-order valence-electron chi connectivity index (χ2n) is 11.1. The molecule has 1 N–H and O–H groups in total. The van der Waals surface area contributed by atoms with Crippen LogP contribution in [0.2, 0.25) is 0 Å². The summed E-state index contributed by atoms with van der Waals surface area (Å²) in [5.74, 6) is 2.15. The van der Waals surface area contributed by atoms with Gasteiger partial charge in [0.2, 0.25) is 0 Å². The molecule has 0 radical (unpaired) electrons. The minimum absolute atomic E-state index is 0.0368. The smallest absolute Gasteiger partial charge is 0.253 e. The molecule has 6 heteroatoms. The quantitative estimate of drug-likeness (QED) is 0.686. The van der Waals surface area contributed by atoms with E-state index in [1.54, 1.807) is 24.0 Å². The highest BCUT2D eigenvalue weighted by molar-refractivity contribution is 5.93. The van der Waals surface area contributed by atoms with Crippen molar-refractivity contribution in [2.45, 2.75) is 64.8 Å². The first kappa shape index (κ1) is 20.8. The fourth-order valence-electron chi connectivity index (χ4n) is 7.82. The van der Waals surface area contributed by atoms with Crippen LogP contribution in [0.15, 0.2) is 54.9 Å². The lowest BCUT2D eigenvalue weighted by Crippen LogP contribution is -2.51. The summed E-state index contributed by atoms with van der Waals surface area (Å²) in [7, 11) is 0. The Labute approximate surface area is 195 Å². The van der Waals surface area contributed by atoms with Gasteiger partial charge >= 0.3 is 0 Å². The summed E-state index contributed by atoms with van der Waals surface area (Å²) in [6, 6.07) is 1.93. The average Bonchev–Trinajstić information content (AvgIpc) is 3.47. The Kier molecular flexibility index (Phi) is 4.82. The van der Waals surface area contributed by atoms with Gasteiger partial charge in [0.1, 0.15) is 0 Å². The number of fused-ring (bicyclic) bond motifs is 5. The second-order valence-corrected chi connectivity index (χ2v) is 11.1. The summed E-state index contributed by atoms with van der Waals surface area (Å²) in [5, 5.41) is 10.9. The molecule has 172 valence electrons. The first-order valence-electron chi connectivity index (χ1n) is 12.4. The largest absolute Gasteiger partial charge is 0.349 e. The zero-order chi connectivity index (χ0) is 22.6. The lowest BCUT2D eigenvalue weighted by atomic mass is 9.47. The Hall–Kier alpha value is -2.76. The molecule has 2 aromatic heterocycles. The van der Waals surface area contributed by atoms with E-state index in [0.29, 0.717) is 11.5 Å². The van der Waals surface area contributed by atoms with Gasteiger partial charge in [-0.1, -0.05) is 31.6 Å². The van der Waals surface area contributed by atoms with Crippen molar-refractivity contribution < 1.29 is 4.79 Å². The van der Waals surface area contributed by atoms with Gasteiger partial charge < -0.3 is 9.88 Å². The van der Waals surface area contributed by atoms with E-state index in [1.807, 2.05) is 12.5 Å². The molecular weight excluding hydrogens is 410 g/mol. The Bertz CT molecular complexity index is 1110. The van der Waals surface area contributed by atoms with Crippen LogP contribution in [-0.2, 0) is 0 Å². The van der Waals surface area contributed by atoms with Crippen LogP contribution in [0, 0.1) is 28.6 Å². The van der Waals surface area contributed by atoms with Gasteiger partial charge in [-0.05, 0) is 74.2 Å². The second kappa shape index (κ2) is 7.64. The monoisotopic (exact) mass is 443 g/mol. The number of aromatic nitrogens is 4. The van der Waals surface area contributed by atoms with Gasteiger partial charge in [0.25, 0.3) is 5.91 Å². The average molecular weight is 444 g/mol. The lowest BCUT2D eigenvalue weighted by Gasteiger charge is -2.58. The number of rotatable bonds is 3. The van der Waals surface area contributed by atoms with Crippen LogP contribution >= 0.6 is 0 Å². The number of allylic oxidation sites excluding steroid dienone is 3. The highest BCUT2D eigenvalue weighted by Crippen LogP contribution is 2.65. The van der Waals surface area contributed by atoms with E-state index in [9.17, 15) is 4.79 Å². The predicted octanol–water partition coefficient (Wildman–Crippen LogP) is 4.89. The Balaban J connectivity index is 1.20. The third-order valence-electron chi connectivity index (χ3n) is 9.61. The van der Waals surface area contributed by atoms with Crippen molar-refractivity contribution in [3.8, 4) is 0 Å². The molecule has 4 aliphatic carbocycles. The van der Waals surface area contributed by atoms with Gasteiger partial charge in [-0.25, -0.2) is 4.98 Å². The third kappa shape index (κ3) is 3.21. The molecule has 1 amide bonds. The summed E-state index contributed by atoms with van der Waals surface area (Å²) in [6.45, 7) is 5.01. The summed E-state index contributed by atoms with van der Waals surface area (Å²) in [4.78, 5) is 17.0. The zero-order valence-electron chi connectivity index (χ0n) is 19.6. The number of amides is 1. The van der Waals surface area contributed by atoms with Gasteiger partial charge in [-0.15, -0.1) is 0 Å². The molecular formula is C27H33N5O. The van der Waals surface area contributed by atoms with Crippen LogP contribution < -0.4 is 5.32 Å². The van der Waals surface area contributed by atoms with Crippen molar-refractivity contribution in [3.05, 3.63) is 60.5 Å². The van der Waals surface area contributed by atoms with Gasteiger partial charge in [0.05, 0.1) is 24.3 Å². The molecule has 2 fully saturated rings. The fourth-order valence-corrected chi connectivity index (χ4v) is 7.82. The van der Waals surface area contributed by atoms with Crippen LogP contribution in [-0.4, -0.2) is 31.7 Å². The van der Waals surface area contributed by atoms with Gasteiger partial charge in [0, 0.05) is 29.5 Å². The number of hydrogen-bond acceptors (Lipinski definition) is 4. The van der Waals surface area contributed by atoms with Crippen molar-refractivity contribution >= 4 is 11.6 Å². The third-order valence-corrected chi connectivity index (χ3v) is 9.61. The highest BCUT2D eigenvalue weighted by atomic mass is 16.1. The highest BCUT2D eigenvalue weighted by Gasteiger charge is 2.57. The molecule has 6 rings (SSSR count). The van der Waals surface area contributed by atoms with Crippen LogP contribution in [0.5, 0.6) is 0 Å². The molecule has 0 saturated heterocycles. The van der Waals surface area contributed by atoms with E-state index < -0.39 is 0 Å². The first-order chi connectivity index (χ1) is 16.0. The lowest BCUT2D eigenvalue weighted by molar-refractivity contribution is -0.0137. The van der Waals surface area contributed by atoms with Crippen molar-refractivity contribution in [3.63, 3.8) is 0 Å². The minimum atomic E-state index is -0.0368. The maximum atomic E-state index is 12.7. The zero-order valence-corrected chi connectivity index (χ0v) is 19.6. The Morgan fingerprint density at radius 1 is 1.06 bits per heavy atom. The molecule has 6 nitrogen and oxygen atoms in total. The molecule has 6 atom stereocenters. The van der Waals surface area contributed by atoms with E-state index >= 15 is 0 Å². The molecule has 0 bridgehead atoms. The SMILES string of the molecule is C[C@]12CC[C@H](NC(=O)c3ccnnc3)CC1=CCC1C2CC[C@]2(C)C(n3ccnc3)=CCC12. The number of imidazole rings is 1. The van der Waals surface area contributed by atoms with Crippen LogP contribution in [0.25, 0.3) is 5.70 Å². The Morgan fingerprint density at radius 3 is 2.73 bits per heavy atom. The molecule has 0 aromatic carbocycles. The van der Waals surface area contributed by atoms with Gasteiger partial charge in [-0.3, -0.25) is 4.79 Å². The standard InChI is InChI=1S/C27H33N5O/c1-26-10-7-20(31-25(33)18-9-12-29-30-16-18)15-19(26)3-4-21-22-5-6-24(32-14-13-28-17-32)27(22,2)11-8-23(21)26/h3,6,9,12-14,16-17,20-23H,4-5,7-8,10-11,15H2,1-2H3,(H,31,33)/t20-,21?,22?,23?,26-,27-/m0/s1. The predicted molar refractivity (Wildman–Crippen MR) is 127 cm³/mol. The fraction of sp³-hybridized carbons (Fsp3) is 0.556. The van der Waals surface area contributed by atoms with Crippen LogP contribution in [0.3, 0.4) is 0 Å². The van der Waals surface area contributed by atoms with E-state index in [4.69, 9.17) is 0 Å². The van der Waals surface area contributed by atoms with E-state index in [0.717, 1.165) is 31.1 Å². The number of carbonyl (C=O) groups excluding carboxylic acids is 1. The number of carbonyl (C=O) groups is 1. The summed E-state index contributed by atoms with van der Waals surface area (Å²) in [6.07, 6.45) is 22.2. The van der Waals surface area contributed by atoms with Crippen molar-refractivity contribution in [2.24, 2.45) is 28.6 Å². The van der Waals surface area contributed by atoms with E-state index in [2.05, 4.69) is 57.3 Å². The number of nitrogens with zero attached hydrogens (tertiary/aromatic N) is 4. The maximum Gasteiger partial charge on any atom is 0.253 e. The number of nitrogens with one attached hydrogen (secondary N) is 1. The normalized spacial score (nSPS) is 37.3. The van der Waals surface area contributed by atoms with Crippen molar-refractivity contribution in [1.29, 1.82) is 0 Å². The first-order valence-corrected chi connectivity index (χ1v) is 12.4. The van der Waals surface area contributed by atoms with E-state index in [-0.39, 0.29) is 22.8 Å². The summed E-state index contributed by atoms with van der Waals surface area (Å²) >= 11 is 0. The van der Waals surface area contributed by atoms with Gasteiger partial charge in [-0.2, -0.15) is 10.2 Å². The van der Waals surface area contributed by atoms with Gasteiger partial charge in [0.15, 0.2) is 0 Å².